The van der Waals surface area contributed by atoms with Crippen molar-refractivity contribution in [2.24, 2.45) is 0 Å². The molecule has 0 bridgehead atoms. The van der Waals surface area contributed by atoms with Gasteiger partial charge in [-0.1, -0.05) is 43.3 Å². The van der Waals surface area contributed by atoms with Crippen molar-refractivity contribution in [1.82, 2.24) is 0 Å². The van der Waals surface area contributed by atoms with Crippen LogP contribution in [0.3, 0.4) is 0 Å². The standard InChI is InChI=1S/C19H24O2/c1-15(8-7-11-16-9-5-4-6-10-16)17-12-13-18(20-2)19(14-17)21-3/h4-6,9-10,12-15H,7-8,11H2,1-3H3. The molecule has 0 aromatic heterocycles. The van der Waals surface area contributed by atoms with Gasteiger partial charge in [0.2, 0.25) is 0 Å². The fourth-order valence-electron chi connectivity index (χ4n) is 2.58. The summed E-state index contributed by atoms with van der Waals surface area (Å²) in [6.45, 7) is 2.27. The van der Waals surface area contributed by atoms with E-state index < -0.39 is 0 Å². The molecular weight excluding hydrogens is 260 g/mol. The molecule has 2 aromatic carbocycles. The molecule has 2 aromatic rings. The minimum Gasteiger partial charge on any atom is -0.493 e. The monoisotopic (exact) mass is 284 g/mol. The lowest BCUT2D eigenvalue weighted by Crippen LogP contribution is -1.98. The van der Waals surface area contributed by atoms with Gasteiger partial charge in [-0.2, -0.15) is 0 Å². The first-order valence-electron chi connectivity index (χ1n) is 7.50. The molecule has 0 heterocycles. The molecule has 0 fully saturated rings. The number of hydrogen-bond donors (Lipinski definition) is 0. The Morgan fingerprint density at radius 3 is 2.29 bits per heavy atom. The van der Waals surface area contributed by atoms with E-state index in [4.69, 9.17) is 9.47 Å². The fourth-order valence-corrected chi connectivity index (χ4v) is 2.58. The largest absolute Gasteiger partial charge is 0.493 e. The zero-order chi connectivity index (χ0) is 15.1. The number of ether oxygens (including phenoxy) is 2. The maximum Gasteiger partial charge on any atom is 0.160 e. The van der Waals surface area contributed by atoms with Crippen molar-refractivity contribution in [3.8, 4) is 11.5 Å². The Kier molecular flexibility index (Phi) is 5.68. The van der Waals surface area contributed by atoms with Gasteiger partial charge in [0.25, 0.3) is 0 Å². The van der Waals surface area contributed by atoms with Crippen molar-refractivity contribution in [3.05, 3.63) is 59.7 Å². The first kappa shape index (κ1) is 15.4. The van der Waals surface area contributed by atoms with Gasteiger partial charge >= 0.3 is 0 Å². The fraction of sp³-hybridized carbons (Fsp3) is 0.368. The zero-order valence-electron chi connectivity index (χ0n) is 13.1. The third kappa shape index (κ3) is 4.25. The van der Waals surface area contributed by atoms with Crippen LogP contribution in [0.25, 0.3) is 0 Å². The summed E-state index contributed by atoms with van der Waals surface area (Å²) in [4.78, 5) is 0. The van der Waals surface area contributed by atoms with Crippen LogP contribution < -0.4 is 9.47 Å². The normalized spacial score (nSPS) is 12.0. The van der Waals surface area contributed by atoms with E-state index in [1.54, 1.807) is 14.2 Å². The summed E-state index contributed by atoms with van der Waals surface area (Å²) in [7, 11) is 3.35. The zero-order valence-corrected chi connectivity index (χ0v) is 13.1. The van der Waals surface area contributed by atoms with Crippen molar-refractivity contribution in [3.63, 3.8) is 0 Å². The molecule has 0 aliphatic carbocycles. The molecule has 21 heavy (non-hydrogen) atoms. The van der Waals surface area contributed by atoms with Crippen molar-refractivity contribution >= 4 is 0 Å². The third-order valence-corrected chi connectivity index (χ3v) is 3.92. The highest BCUT2D eigenvalue weighted by Gasteiger charge is 2.10. The van der Waals surface area contributed by atoms with E-state index in [0.29, 0.717) is 5.92 Å². The highest BCUT2D eigenvalue weighted by Crippen LogP contribution is 2.32. The second-order valence-electron chi connectivity index (χ2n) is 5.39. The van der Waals surface area contributed by atoms with Crippen LogP contribution in [0.5, 0.6) is 11.5 Å². The molecule has 0 aliphatic rings. The molecule has 0 radical (unpaired) electrons. The summed E-state index contributed by atoms with van der Waals surface area (Å²) in [5, 5.41) is 0. The number of benzene rings is 2. The first-order valence-corrected chi connectivity index (χ1v) is 7.50. The van der Waals surface area contributed by atoms with Gasteiger partial charge < -0.3 is 9.47 Å². The van der Waals surface area contributed by atoms with E-state index in [0.717, 1.165) is 17.9 Å². The lowest BCUT2D eigenvalue weighted by atomic mass is 9.94. The Hall–Kier alpha value is -1.96. The number of hydrogen-bond acceptors (Lipinski definition) is 2. The Morgan fingerprint density at radius 1 is 0.905 bits per heavy atom. The molecule has 2 heteroatoms. The van der Waals surface area contributed by atoms with Gasteiger partial charge in [-0.3, -0.25) is 0 Å². The van der Waals surface area contributed by atoms with Crippen molar-refractivity contribution in [2.75, 3.05) is 14.2 Å². The Morgan fingerprint density at radius 2 is 1.62 bits per heavy atom. The second-order valence-corrected chi connectivity index (χ2v) is 5.39. The average molecular weight is 284 g/mol. The van der Waals surface area contributed by atoms with Gasteiger partial charge in [0.15, 0.2) is 11.5 Å². The van der Waals surface area contributed by atoms with E-state index in [9.17, 15) is 0 Å². The Bertz CT molecular complexity index is 549. The van der Waals surface area contributed by atoms with Crippen LogP contribution in [-0.2, 0) is 6.42 Å². The summed E-state index contributed by atoms with van der Waals surface area (Å²) in [6.07, 6.45) is 3.50. The van der Waals surface area contributed by atoms with Crippen LogP contribution >= 0.6 is 0 Å². The predicted octanol–water partition coefficient (Wildman–Crippen LogP) is 4.83. The van der Waals surface area contributed by atoms with E-state index in [-0.39, 0.29) is 0 Å². The lowest BCUT2D eigenvalue weighted by molar-refractivity contribution is 0.354. The molecule has 0 spiro atoms. The van der Waals surface area contributed by atoms with Crippen LogP contribution in [0.4, 0.5) is 0 Å². The van der Waals surface area contributed by atoms with Crippen LogP contribution in [0.15, 0.2) is 48.5 Å². The van der Waals surface area contributed by atoms with Gasteiger partial charge in [0, 0.05) is 0 Å². The average Bonchev–Trinajstić information content (AvgIpc) is 2.55. The predicted molar refractivity (Wildman–Crippen MR) is 87.3 cm³/mol. The van der Waals surface area contributed by atoms with Crippen LogP contribution in [0.2, 0.25) is 0 Å². The molecule has 2 nitrogen and oxygen atoms in total. The molecule has 1 unspecified atom stereocenters. The first-order chi connectivity index (χ1) is 10.2. The Balaban J connectivity index is 1.92. The van der Waals surface area contributed by atoms with E-state index in [2.05, 4.69) is 49.4 Å². The third-order valence-electron chi connectivity index (χ3n) is 3.92. The van der Waals surface area contributed by atoms with Gasteiger partial charge in [-0.15, -0.1) is 0 Å². The van der Waals surface area contributed by atoms with Gasteiger partial charge in [-0.05, 0) is 48.4 Å². The summed E-state index contributed by atoms with van der Waals surface area (Å²) in [6, 6.07) is 16.9. The summed E-state index contributed by atoms with van der Waals surface area (Å²) in [5.41, 5.74) is 2.72. The van der Waals surface area contributed by atoms with E-state index in [1.807, 2.05) is 6.07 Å². The summed E-state index contributed by atoms with van der Waals surface area (Å²) < 4.78 is 10.7. The number of rotatable bonds is 7. The molecule has 0 saturated heterocycles. The smallest absolute Gasteiger partial charge is 0.160 e. The molecular formula is C19H24O2. The van der Waals surface area contributed by atoms with Crippen LogP contribution in [0.1, 0.15) is 36.8 Å². The maximum atomic E-state index is 5.38. The Labute approximate surface area is 127 Å². The summed E-state index contributed by atoms with van der Waals surface area (Å²) in [5.74, 6) is 2.12. The highest BCUT2D eigenvalue weighted by atomic mass is 16.5. The van der Waals surface area contributed by atoms with Crippen LogP contribution in [0, 0.1) is 0 Å². The molecule has 0 saturated carbocycles. The number of aryl methyl sites for hydroxylation is 1. The minimum atomic E-state index is 0.522. The number of methoxy groups -OCH3 is 2. The quantitative estimate of drug-likeness (QED) is 0.725. The minimum absolute atomic E-state index is 0.522. The maximum absolute atomic E-state index is 5.38. The second kappa shape index (κ2) is 7.72. The topological polar surface area (TPSA) is 18.5 Å². The lowest BCUT2D eigenvalue weighted by Gasteiger charge is -2.15. The van der Waals surface area contributed by atoms with E-state index in [1.165, 1.54) is 24.0 Å². The summed E-state index contributed by atoms with van der Waals surface area (Å²) >= 11 is 0. The van der Waals surface area contributed by atoms with Gasteiger partial charge in [-0.25, -0.2) is 0 Å². The molecule has 0 amide bonds. The van der Waals surface area contributed by atoms with Crippen LogP contribution in [-0.4, -0.2) is 14.2 Å². The molecule has 0 aliphatic heterocycles. The van der Waals surface area contributed by atoms with Crippen molar-refractivity contribution in [2.45, 2.75) is 32.1 Å². The molecule has 0 N–H and O–H groups in total. The van der Waals surface area contributed by atoms with Crippen molar-refractivity contribution < 1.29 is 9.47 Å². The highest BCUT2D eigenvalue weighted by molar-refractivity contribution is 5.43. The SMILES string of the molecule is COc1ccc(C(C)CCCc2ccccc2)cc1OC. The van der Waals surface area contributed by atoms with Gasteiger partial charge in [0.05, 0.1) is 14.2 Å². The van der Waals surface area contributed by atoms with E-state index >= 15 is 0 Å². The molecule has 2 rings (SSSR count). The van der Waals surface area contributed by atoms with Gasteiger partial charge in [0.1, 0.15) is 0 Å². The molecule has 112 valence electrons. The molecule has 1 atom stereocenters. The van der Waals surface area contributed by atoms with Crippen molar-refractivity contribution in [1.29, 1.82) is 0 Å².